The maximum Gasteiger partial charge on any atom is 0.142 e. The molecule has 2 aromatic heterocycles. The zero-order valence-electron chi connectivity index (χ0n) is 9.31. The molecule has 84 valence electrons. The van der Waals surface area contributed by atoms with Gasteiger partial charge in [-0.1, -0.05) is 13.0 Å². The van der Waals surface area contributed by atoms with Gasteiger partial charge in [0.1, 0.15) is 5.01 Å². The summed E-state index contributed by atoms with van der Waals surface area (Å²) in [5.41, 5.74) is 2.05. The van der Waals surface area contributed by atoms with Crippen LogP contribution in [0.3, 0.4) is 0 Å². The maximum absolute atomic E-state index is 4.55. The highest BCUT2D eigenvalue weighted by molar-refractivity contribution is 7.13. The van der Waals surface area contributed by atoms with Gasteiger partial charge in [-0.25, -0.2) is 4.98 Å². The van der Waals surface area contributed by atoms with Gasteiger partial charge < -0.3 is 5.32 Å². The summed E-state index contributed by atoms with van der Waals surface area (Å²) in [7, 11) is 0. The van der Waals surface area contributed by atoms with E-state index in [0.29, 0.717) is 0 Å². The van der Waals surface area contributed by atoms with Crippen LogP contribution in [0.15, 0.2) is 29.8 Å². The number of rotatable bonds is 5. The maximum atomic E-state index is 4.55. The fourth-order valence-corrected chi connectivity index (χ4v) is 2.18. The van der Waals surface area contributed by atoms with Crippen molar-refractivity contribution in [2.75, 3.05) is 6.54 Å². The van der Waals surface area contributed by atoms with Gasteiger partial charge in [0.2, 0.25) is 0 Å². The highest BCUT2D eigenvalue weighted by Gasteiger charge is 2.04. The molecule has 0 bridgehead atoms. The standard InChI is InChI=1S/C12H15N3S/c1-2-6-13-8-10-9-16-12(15-10)11-5-3-4-7-14-11/h3-5,7,9,13H,2,6,8H2,1H3. The van der Waals surface area contributed by atoms with Gasteiger partial charge in [-0.2, -0.15) is 0 Å². The SMILES string of the molecule is CCCNCc1csc(-c2ccccn2)n1. The Kier molecular flexibility index (Phi) is 4.02. The molecule has 2 aromatic rings. The summed E-state index contributed by atoms with van der Waals surface area (Å²) in [6.45, 7) is 4.04. The quantitative estimate of drug-likeness (QED) is 0.807. The molecule has 0 aliphatic carbocycles. The topological polar surface area (TPSA) is 37.8 Å². The van der Waals surface area contributed by atoms with Crippen LogP contribution in [0.1, 0.15) is 19.0 Å². The van der Waals surface area contributed by atoms with Crippen molar-refractivity contribution in [1.29, 1.82) is 0 Å². The molecule has 0 spiro atoms. The smallest absolute Gasteiger partial charge is 0.142 e. The normalized spacial score (nSPS) is 10.6. The molecule has 0 radical (unpaired) electrons. The van der Waals surface area contributed by atoms with Gasteiger partial charge in [0, 0.05) is 18.1 Å². The monoisotopic (exact) mass is 233 g/mol. The molecule has 3 nitrogen and oxygen atoms in total. The lowest BCUT2D eigenvalue weighted by Crippen LogP contribution is -2.13. The Labute approximate surface area is 99.6 Å². The highest BCUT2D eigenvalue weighted by atomic mass is 32.1. The first-order valence-corrected chi connectivity index (χ1v) is 6.34. The number of nitrogens with one attached hydrogen (secondary N) is 1. The minimum absolute atomic E-state index is 0.844. The lowest BCUT2D eigenvalue weighted by Gasteiger charge is -1.98. The predicted octanol–water partition coefficient (Wildman–Crippen LogP) is 2.70. The third kappa shape index (κ3) is 2.87. The molecule has 0 atom stereocenters. The highest BCUT2D eigenvalue weighted by Crippen LogP contribution is 2.20. The Balaban J connectivity index is 2.02. The number of hydrogen-bond acceptors (Lipinski definition) is 4. The second-order valence-electron chi connectivity index (χ2n) is 3.54. The first kappa shape index (κ1) is 11.2. The van der Waals surface area contributed by atoms with Crippen LogP contribution < -0.4 is 5.32 Å². The van der Waals surface area contributed by atoms with Crippen molar-refractivity contribution in [3.05, 3.63) is 35.5 Å². The van der Waals surface area contributed by atoms with Crippen molar-refractivity contribution in [3.8, 4) is 10.7 Å². The molecule has 1 N–H and O–H groups in total. The van der Waals surface area contributed by atoms with Crippen molar-refractivity contribution in [3.63, 3.8) is 0 Å². The lowest BCUT2D eigenvalue weighted by atomic mass is 10.3. The summed E-state index contributed by atoms with van der Waals surface area (Å²) in [6, 6.07) is 5.89. The van der Waals surface area contributed by atoms with Gasteiger partial charge in [0.05, 0.1) is 11.4 Å². The largest absolute Gasteiger partial charge is 0.311 e. The van der Waals surface area contributed by atoms with Crippen molar-refractivity contribution >= 4 is 11.3 Å². The molecule has 4 heteroatoms. The van der Waals surface area contributed by atoms with Crippen molar-refractivity contribution in [1.82, 2.24) is 15.3 Å². The van der Waals surface area contributed by atoms with Crippen LogP contribution in [0.5, 0.6) is 0 Å². The van der Waals surface area contributed by atoms with Crippen LogP contribution in [-0.4, -0.2) is 16.5 Å². The lowest BCUT2D eigenvalue weighted by molar-refractivity contribution is 0.667. The Morgan fingerprint density at radius 3 is 3.06 bits per heavy atom. The van der Waals surface area contributed by atoms with Gasteiger partial charge in [0.15, 0.2) is 0 Å². The molecular weight excluding hydrogens is 218 g/mol. The van der Waals surface area contributed by atoms with Crippen LogP contribution in [0.25, 0.3) is 10.7 Å². The molecule has 0 aliphatic heterocycles. The molecule has 0 saturated carbocycles. The van der Waals surface area contributed by atoms with E-state index in [2.05, 4.69) is 27.6 Å². The van der Waals surface area contributed by atoms with Gasteiger partial charge >= 0.3 is 0 Å². The fourth-order valence-electron chi connectivity index (χ4n) is 1.39. The van der Waals surface area contributed by atoms with Crippen LogP contribution >= 0.6 is 11.3 Å². The summed E-state index contributed by atoms with van der Waals surface area (Å²) in [5.74, 6) is 0. The molecule has 2 rings (SSSR count). The van der Waals surface area contributed by atoms with Crippen molar-refractivity contribution in [2.24, 2.45) is 0 Å². The van der Waals surface area contributed by atoms with E-state index in [9.17, 15) is 0 Å². The summed E-state index contributed by atoms with van der Waals surface area (Å²) >= 11 is 1.65. The van der Waals surface area contributed by atoms with Crippen LogP contribution in [0, 0.1) is 0 Å². The third-order valence-corrected chi connectivity index (χ3v) is 3.08. The van der Waals surface area contributed by atoms with Crippen LogP contribution in [0.4, 0.5) is 0 Å². The van der Waals surface area contributed by atoms with Gasteiger partial charge in [-0.15, -0.1) is 11.3 Å². The first-order valence-electron chi connectivity index (χ1n) is 5.46. The molecule has 0 amide bonds. The average Bonchev–Trinajstić information content (AvgIpc) is 2.79. The third-order valence-electron chi connectivity index (χ3n) is 2.17. The number of nitrogens with zero attached hydrogens (tertiary/aromatic N) is 2. The Morgan fingerprint density at radius 2 is 2.31 bits per heavy atom. The fraction of sp³-hybridized carbons (Fsp3) is 0.333. The summed E-state index contributed by atoms with van der Waals surface area (Å²) in [4.78, 5) is 8.83. The molecule has 16 heavy (non-hydrogen) atoms. The molecule has 0 saturated heterocycles. The average molecular weight is 233 g/mol. The molecule has 0 unspecified atom stereocenters. The summed E-state index contributed by atoms with van der Waals surface area (Å²) in [6.07, 6.45) is 2.95. The van der Waals surface area contributed by atoms with E-state index >= 15 is 0 Å². The van der Waals surface area contributed by atoms with E-state index < -0.39 is 0 Å². The van der Waals surface area contributed by atoms with Crippen LogP contribution in [0.2, 0.25) is 0 Å². The van der Waals surface area contributed by atoms with Crippen LogP contribution in [-0.2, 0) is 6.54 Å². The number of aromatic nitrogens is 2. The van der Waals surface area contributed by atoms with Gasteiger partial charge in [-0.3, -0.25) is 4.98 Å². The van der Waals surface area contributed by atoms with E-state index in [-0.39, 0.29) is 0 Å². The Morgan fingerprint density at radius 1 is 1.38 bits per heavy atom. The van der Waals surface area contributed by atoms with Gasteiger partial charge in [-0.05, 0) is 25.1 Å². The number of thiazole rings is 1. The minimum atomic E-state index is 0.844. The number of hydrogen-bond donors (Lipinski definition) is 1. The second kappa shape index (κ2) is 5.72. The Hall–Kier alpha value is -1.26. The van der Waals surface area contributed by atoms with E-state index in [0.717, 1.165) is 35.9 Å². The zero-order chi connectivity index (χ0) is 11.2. The number of pyridine rings is 1. The predicted molar refractivity (Wildman–Crippen MR) is 67.3 cm³/mol. The van der Waals surface area contributed by atoms with Crippen molar-refractivity contribution < 1.29 is 0 Å². The molecule has 0 aliphatic rings. The van der Waals surface area contributed by atoms with E-state index in [4.69, 9.17) is 0 Å². The zero-order valence-corrected chi connectivity index (χ0v) is 10.1. The van der Waals surface area contributed by atoms with E-state index in [1.165, 1.54) is 0 Å². The molecule has 2 heterocycles. The van der Waals surface area contributed by atoms with Gasteiger partial charge in [0.25, 0.3) is 0 Å². The molecule has 0 aromatic carbocycles. The summed E-state index contributed by atoms with van der Waals surface area (Å²) < 4.78 is 0. The molecule has 0 fully saturated rings. The minimum Gasteiger partial charge on any atom is -0.311 e. The first-order chi connectivity index (χ1) is 7.90. The Bertz CT molecular complexity index is 425. The second-order valence-corrected chi connectivity index (χ2v) is 4.39. The van der Waals surface area contributed by atoms with Crippen molar-refractivity contribution in [2.45, 2.75) is 19.9 Å². The summed E-state index contributed by atoms with van der Waals surface area (Å²) in [5, 5.41) is 6.42. The van der Waals surface area contributed by atoms with E-state index in [1.807, 2.05) is 18.2 Å². The molecular formula is C12H15N3S. The van der Waals surface area contributed by atoms with E-state index in [1.54, 1.807) is 17.5 Å².